The molecule has 98 valence electrons. The van der Waals surface area contributed by atoms with E-state index in [9.17, 15) is 4.79 Å². The number of nitrogens with one attached hydrogen (secondary N) is 1. The fourth-order valence-corrected chi connectivity index (χ4v) is 1.94. The topological polar surface area (TPSA) is 64.3 Å². The molecule has 3 N–H and O–H groups in total. The second kappa shape index (κ2) is 5.75. The number of benzene rings is 2. The summed E-state index contributed by atoms with van der Waals surface area (Å²) in [6.07, 6.45) is 0. The number of ether oxygens (including phenoxy) is 1. The van der Waals surface area contributed by atoms with E-state index in [0.29, 0.717) is 22.7 Å². The molecule has 4 nitrogen and oxygen atoms in total. The minimum Gasteiger partial charge on any atom is -0.492 e. The standard InChI is InChI=1S/C14H13BrN2O2/c1-19-13-11(16)3-2-4-12(13)17-14(18)9-5-7-10(15)8-6-9/h2-8H,16H2,1H3,(H,17,18). The van der Waals surface area contributed by atoms with Gasteiger partial charge in [-0.1, -0.05) is 22.0 Å². The molecule has 19 heavy (non-hydrogen) atoms. The number of methoxy groups -OCH3 is 1. The van der Waals surface area contributed by atoms with E-state index in [0.717, 1.165) is 4.47 Å². The molecule has 0 aliphatic carbocycles. The van der Waals surface area contributed by atoms with Gasteiger partial charge in [0.25, 0.3) is 5.91 Å². The van der Waals surface area contributed by atoms with Crippen LogP contribution in [0, 0.1) is 0 Å². The lowest BCUT2D eigenvalue weighted by Gasteiger charge is -2.12. The van der Waals surface area contributed by atoms with E-state index in [2.05, 4.69) is 21.2 Å². The van der Waals surface area contributed by atoms with Crippen LogP contribution >= 0.6 is 15.9 Å². The van der Waals surface area contributed by atoms with Gasteiger partial charge < -0.3 is 15.8 Å². The normalized spacial score (nSPS) is 10.0. The van der Waals surface area contributed by atoms with Crippen LogP contribution in [0.25, 0.3) is 0 Å². The largest absolute Gasteiger partial charge is 0.492 e. The molecule has 0 saturated heterocycles. The summed E-state index contributed by atoms with van der Waals surface area (Å²) in [6, 6.07) is 12.3. The van der Waals surface area contributed by atoms with E-state index in [1.54, 1.807) is 30.3 Å². The van der Waals surface area contributed by atoms with Gasteiger partial charge in [0.2, 0.25) is 0 Å². The van der Waals surface area contributed by atoms with Crippen molar-refractivity contribution in [1.82, 2.24) is 0 Å². The summed E-state index contributed by atoms with van der Waals surface area (Å²) in [4.78, 5) is 12.1. The summed E-state index contributed by atoms with van der Waals surface area (Å²) in [5.74, 6) is 0.254. The number of carbonyl (C=O) groups is 1. The fraction of sp³-hybridized carbons (Fsp3) is 0.0714. The lowest BCUT2D eigenvalue weighted by Crippen LogP contribution is -2.13. The Morgan fingerprint density at radius 3 is 2.53 bits per heavy atom. The molecular formula is C14H13BrN2O2. The zero-order chi connectivity index (χ0) is 13.8. The number of hydrogen-bond donors (Lipinski definition) is 2. The molecule has 5 heteroatoms. The highest BCUT2D eigenvalue weighted by atomic mass is 79.9. The summed E-state index contributed by atoms with van der Waals surface area (Å²) in [5.41, 5.74) is 7.38. The first-order valence-electron chi connectivity index (χ1n) is 5.61. The van der Waals surface area contributed by atoms with Crippen molar-refractivity contribution >= 4 is 33.2 Å². The van der Waals surface area contributed by atoms with E-state index in [1.807, 2.05) is 12.1 Å². The second-order valence-corrected chi connectivity index (χ2v) is 4.80. The fourth-order valence-electron chi connectivity index (χ4n) is 1.68. The lowest BCUT2D eigenvalue weighted by atomic mass is 10.2. The van der Waals surface area contributed by atoms with Crippen molar-refractivity contribution in [3.63, 3.8) is 0 Å². The molecule has 0 fully saturated rings. The van der Waals surface area contributed by atoms with Gasteiger partial charge in [0.05, 0.1) is 18.5 Å². The third-order valence-electron chi connectivity index (χ3n) is 2.60. The first kappa shape index (κ1) is 13.4. The third kappa shape index (κ3) is 3.06. The molecule has 0 atom stereocenters. The van der Waals surface area contributed by atoms with E-state index in [1.165, 1.54) is 7.11 Å². The van der Waals surface area contributed by atoms with Crippen LogP contribution in [0.15, 0.2) is 46.9 Å². The van der Waals surface area contributed by atoms with Crippen LogP contribution in [0.4, 0.5) is 11.4 Å². The smallest absolute Gasteiger partial charge is 0.255 e. The number of para-hydroxylation sites is 1. The zero-order valence-corrected chi connectivity index (χ0v) is 11.9. The molecular weight excluding hydrogens is 308 g/mol. The Hall–Kier alpha value is -2.01. The highest BCUT2D eigenvalue weighted by Gasteiger charge is 2.11. The van der Waals surface area contributed by atoms with Gasteiger partial charge in [-0.05, 0) is 36.4 Å². The van der Waals surface area contributed by atoms with Gasteiger partial charge in [-0.2, -0.15) is 0 Å². The summed E-state index contributed by atoms with van der Waals surface area (Å²) in [7, 11) is 1.51. The maximum Gasteiger partial charge on any atom is 0.255 e. The van der Waals surface area contributed by atoms with E-state index in [4.69, 9.17) is 10.5 Å². The lowest BCUT2D eigenvalue weighted by molar-refractivity contribution is 0.102. The Labute approximate surface area is 119 Å². The predicted octanol–water partition coefficient (Wildman–Crippen LogP) is 3.29. The Morgan fingerprint density at radius 2 is 1.89 bits per heavy atom. The van der Waals surface area contributed by atoms with Crippen LogP contribution in [0.2, 0.25) is 0 Å². The highest BCUT2D eigenvalue weighted by molar-refractivity contribution is 9.10. The quantitative estimate of drug-likeness (QED) is 0.853. The molecule has 0 aliphatic rings. The maximum absolute atomic E-state index is 12.1. The van der Waals surface area contributed by atoms with Crippen LogP contribution in [-0.2, 0) is 0 Å². The molecule has 0 bridgehead atoms. The summed E-state index contributed by atoms with van der Waals surface area (Å²) < 4.78 is 6.11. The van der Waals surface area contributed by atoms with E-state index in [-0.39, 0.29) is 5.91 Å². The average Bonchev–Trinajstić information content (AvgIpc) is 2.39. The van der Waals surface area contributed by atoms with Gasteiger partial charge in [-0.15, -0.1) is 0 Å². The minimum absolute atomic E-state index is 0.212. The summed E-state index contributed by atoms with van der Waals surface area (Å²) in [6.45, 7) is 0. The Morgan fingerprint density at radius 1 is 1.21 bits per heavy atom. The highest BCUT2D eigenvalue weighted by Crippen LogP contribution is 2.30. The number of carbonyl (C=O) groups excluding carboxylic acids is 1. The molecule has 0 heterocycles. The van der Waals surface area contributed by atoms with Crippen molar-refractivity contribution in [2.45, 2.75) is 0 Å². The Kier molecular flexibility index (Phi) is 4.06. The number of anilines is 2. The van der Waals surface area contributed by atoms with Gasteiger partial charge in [-0.25, -0.2) is 0 Å². The van der Waals surface area contributed by atoms with Crippen molar-refractivity contribution < 1.29 is 9.53 Å². The minimum atomic E-state index is -0.212. The van der Waals surface area contributed by atoms with Crippen LogP contribution in [0.5, 0.6) is 5.75 Å². The number of hydrogen-bond acceptors (Lipinski definition) is 3. The SMILES string of the molecule is COc1c(N)cccc1NC(=O)c1ccc(Br)cc1. The summed E-state index contributed by atoms with van der Waals surface area (Å²) in [5, 5.41) is 2.78. The Bertz CT molecular complexity index is 597. The molecule has 0 aliphatic heterocycles. The van der Waals surface area contributed by atoms with Gasteiger partial charge in [-0.3, -0.25) is 4.79 Å². The first-order valence-corrected chi connectivity index (χ1v) is 6.40. The predicted molar refractivity (Wildman–Crippen MR) is 79.5 cm³/mol. The Balaban J connectivity index is 2.24. The molecule has 2 aromatic carbocycles. The van der Waals surface area contributed by atoms with E-state index < -0.39 is 0 Å². The number of nitrogens with two attached hydrogens (primary N) is 1. The molecule has 1 amide bonds. The number of halogens is 1. The third-order valence-corrected chi connectivity index (χ3v) is 3.13. The number of rotatable bonds is 3. The van der Waals surface area contributed by atoms with Gasteiger partial charge in [0.15, 0.2) is 5.75 Å². The van der Waals surface area contributed by atoms with Crippen molar-refractivity contribution in [2.24, 2.45) is 0 Å². The second-order valence-electron chi connectivity index (χ2n) is 3.89. The van der Waals surface area contributed by atoms with Gasteiger partial charge in [0, 0.05) is 10.0 Å². The van der Waals surface area contributed by atoms with E-state index >= 15 is 0 Å². The van der Waals surface area contributed by atoms with Crippen LogP contribution in [0.3, 0.4) is 0 Å². The van der Waals surface area contributed by atoms with Crippen molar-refractivity contribution in [3.05, 3.63) is 52.5 Å². The molecule has 0 unspecified atom stereocenters. The molecule has 0 aromatic heterocycles. The van der Waals surface area contributed by atoms with Crippen molar-refractivity contribution in [1.29, 1.82) is 0 Å². The first-order chi connectivity index (χ1) is 9.11. The molecule has 2 rings (SSSR count). The summed E-state index contributed by atoms with van der Waals surface area (Å²) >= 11 is 3.33. The molecule has 0 radical (unpaired) electrons. The van der Waals surface area contributed by atoms with Crippen LogP contribution in [0.1, 0.15) is 10.4 Å². The monoisotopic (exact) mass is 320 g/mol. The zero-order valence-electron chi connectivity index (χ0n) is 10.3. The maximum atomic E-state index is 12.1. The van der Waals surface area contributed by atoms with Crippen molar-refractivity contribution in [2.75, 3.05) is 18.2 Å². The van der Waals surface area contributed by atoms with Gasteiger partial charge >= 0.3 is 0 Å². The molecule has 0 spiro atoms. The van der Waals surface area contributed by atoms with Crippen LogP contribution < -0.4 is 15.8 Å². The average molecular weight is 321 g/mol. The number of nitrogen functional groups attached to an aromatic ring is 1. The molecule has 2 aromatic rings. The van der Waals surface area contributed by atoms with Gasteiger partial charge in [0.1, 0.15) is 0 Å². The van der Waals surface area contributed by atoms with Crippen molar-refractivity contribution in [3.8, 4) is 5.75 Å². The molecule has 0 saturated carbocycles. The van der Waals surface area contributed by atoms with Crippen LogP contribution in [-0.4, -0.2) is 13.0 Å². The number of amides is 1.